The van der Waals surface area contributed by atoms with E-state index in [1.165, 1.54) is 18.2 Å². The number of amides is 1. The first-order valence-electron chi connectivity index (χ1n) is 8.66. The molecular formula is C21H22FNO2. The van der Waals surface area contributed by atoms with Gasteiger partial charge >= 0.3 is 0 Å². The van der Waals surface area contributed by atoms with Crippen molar-refractivity contribution in [2.75, 3.05) is 13.1 Å². The predicted octanol–water partition coefficient (Wildman–Crippen LogP) is 3.80. The van der Waals surface area contributed by atoms with Crippen molar-refractivity contribution in [1.82, 2.24) is 4.90 Å². The van der Waals surface area contributed by atoms with Gasteiger partial charge in [0.25, 0.3) is 5.91 Å². The van der Waals surface area contributed by atoms with E-state index < -0.39 is 0 Å². The zero-order valence-electron chi connectivity index (χ0n) is 14.4. The topological polar surface area (TPSA) is 37.4 Å². The highest BCUT2D eigenvalue weighted by Gasteiger charge is 2.29. The number of benzene rings is 2. The highest BCUT2D eigenvalue weighted by atomic mass is 19.1. The Labute approximate surface area is 147 Å². The number of rotatable bonds is 4. The number of hydrogen-bond donors (Lipinski definition) is 0. The SMILES string of the molecule is Cc1cc(F)ccc1C(=O)N1CCCC(C(=O)Cc2ccccc2)C1. The Bertz CT molecular complexity index is 773. The molecule has 1 saturated heterocycles. The molecule has 0 aromatic heterocycles. The lowest BCUT2D eigenvalue weighted by Gasteiger charge is -2.32. The van der Waals surface area contributed by atoms with Gasteiger partial charge in [-0.3, -0.25) is 9.59 Å². The van der Waals surface area contributed by atoms with Gasteiger partial charge in [-0.1, -0.05) is 30.3 Å². The molecule has 2 aromatic carbocycles. The molecule has 1 aliphatic heterocycles. The highest BCUT2D eigenvalue weighted by molar-refractivity contribution is 5.96. The Morgan fingerprint density at radius 3 is 2.64 bits per heavy atom. The summed E-state index contributed by atoms with van der Waals surface area (Å²) in [6.45, 7) is 2.82. The lowest BCUT2D eigenvalue weighted by atomic mass is 9.90. The van der Waals surface area contributed by atoms with Gasteiger partial charge in [-0.05, 0) is 49.1 Å². The largest absolute Gasteiger partial charge is 0.338 e. The molecule has 3 nitrogen and oxygen atoms in total. The number of halogens is 1. The summed E-state index contributed by atoms with van der Waals surface area (Å²) in [6, 6.07) is 13.9. The molecule has 0 aliphatic carbocycles. The van der Waals surface area contributed by atoms with Crippen molar-refractivity contribution in [2.45, 2.75) is 26.2 Å². The molecule has 1 aliphatic rings. The van der Waals surface area contributed by atoms with Gasteiger partial charge in [0, 0.05) is 31.0 Å². The van der Waals surface area contributed by atoms with Crippen molar-refractivity contribution in [3.63, 3.8) is 0 Å². The third kappa shape index (κ3) is 4.13. The van der Waals surface area contributed by atoms with E-state index in [2.05, 4.69) is 0 Å². The summed E-state index contributed by atoms with van der Waals surface area (Å²) in [5.41, 5.74) is 2.14. The quantitative estimate of drug-likeness (QED) is 0.850. The normalized spacial score (nSPS) is 17.4. The Morgan fingerprint density at radius 1 is 1.16 bits per heavy atom. The van der Waals surface area contributed by atoms with Crippen LogP contribution in [0.2, 0.25) is 0 Å². The Hall–Kier alpha value is -2.49. The Morgan fingerprint density at radius 2 is 1.92 bits per heavy atom. The van der Waals surface area contributed by atoms with Crippen LogP contribution in [0.25, 0.3) is 0 Å². The molecule has 1 amide bonds. The number of aryl methyl sites for hydroxylation is 1. The molecule has 1 fully saturated rings. The number of nitrogens with zero attached hydrogens (tertiary/aromatic N) is 1. The summed E-state index contributed by atoms with van der Waals surface area (Å²) in [5.74, 6) is -0.406. The van der Waals surface area contributed by atoms with E-state index in [9.17, 15) is 14.0 Å². The van der Waals surface area contributed by atoms with Gasteiger partial charge < -0.3 is 4.90 Å². The lowest BCUT2D eigenvalue weighted by Crippen LogP contribution is -2.42. The van der Waals surface area contributed by atoms with E-state index in [0.717, 1.165) is 18.4 Å². The van der Waals surface area contributed by atoms with Crippen LogP contribution < -0.4 is 0 Å². The van der Waals surface area contributed by atoms with Crippen molar-refractivity contribution in [2.24, 2.45) is 5.92 Å². The summed E-state index contributed by atoms with van der Waals surface area (Å²) in [5, 5.41) is 0. The van der Waals surface area contributed by atoms with Crippen molar-refractivity contribution >= 4 is 11.7 Å². The minimum absolute atomic E-state index is 0.116. The summed E-state index contributed by atoms with van der Waals surface area (Å²) >= 11 is 0. The van der Waals surface area contributed by atoms with Crippen LogP contribution in [0.5, 0.6) is 0 Å². The number of carbonyl (C=O) groups excluding carboxylic acids is 2. The molecule has 25 heavy (non-hydrogen) atoms. The van der Waals surface area contributed by atoms with E-state index in [4.69, 9.17) is 0 Å². The molecule has 1 heterocycles. The molecular weight excluding hydrogens is 317 g/mol. The zero-order valence-corrected chi connectivity index (χ0v) is 14.4. The minimum atomic E-state index is -0.344. The minimum Gasteiger partial charge on any atom is -0.338 e. The molecule has 0 saturated carbocycles. The van der Waals surface area contributed by atoms with Gasteiger partial charge in [0.15, 0.2) is 0 Å². The van der Waals surface area contributed by atoms with Crippen molar-refractivity contribution in [1.29, 1.82) is 0 Å². The van der Waals surface area contributed by atoms with Gasteiger partial charge in [0.2, 0.25) is 0 Å². The second-order valence-corrected chi connectivity index (χ2v) is 6.68. The molecule has 1 unspecified atom stereocenters. The second-order valence-electron chi connectivity index (χ2n) is 6.68. The Kier molecular flexibility index (Phi) is 5.27. The number of piperidine rings is 1. The van der Waals surface area contributed by atoms with Crippen LogP contribution in [0, 0.1) is 18.7 Å². The number of likely N-dealkylation sites (tertiary alicyclic amines) is 1. The molecule has 4 heteroatoms. The number of carbonyl (C=O) groups is 2. The number of Topliss-reactive ketones (excluding diaryl/α,β-unsaturated/α-hetero) is 1. The van der Waals surface area contributed by atoms with E-state index in [1.54, 1.807) is 11.8 Å². The standard InChI is InChI=1S/C21H22FNO2/c1-15-12-18(22)9-10-19(15)21(25)23-11-5-8-17(14-23)20(24)13-16-6-3-2-4-7-16/h2-4,6-7,9-10,12,17H,5,8,11,13-14H2,1H3. The maximum atomic E-state index is 13.3. The predicted molar refractivity (Wildman–Crippen MR) is 94.9 cm³/mol. The van der Waals surface area contributed by atoms with Gasteiger partial charge in [-0.2, -0.15) is 0 Å². The maximum Gasteiger partial charge on any atom is 0.254 e. The molecule has 0 N–H and O–H groups in total. The number of hydrogen-bond acceptors (Lipinski definition) is 2. The van der Waals surface area contributed by atoms with Crippen LogP contribution in [0.15, 0.2) is 48.5 Å². The third-order valence-corrected chi connectivity index (χ3v) is 4.80. The zero-order chi connectivity index (χ0) is 17.8. The molecule has 3 rings (SSSR count). The monoisotopic (exact) mass is 339 g/mol. The molecule has 130 valence electrons. The average Bonchev–Trinajstić information content (AvgIpc) is 2.62. The molecule has 0 spiro atoms. The summed E-state index contributed by atoms with van der Waals surface area (Å²) in [4.78, 5) is 27.1. The first kappa shape index (κ1) is 17.3. The van der Waals surface area contributed by atoms with E-state index in [-0.39, 0.29) is 23.4 Å². The number of ketones is 1. The summed E-state index contributed by atoms with van der Waals surface area (Å²) < 4.78 is 13.3. The van der Waals surface area contributed by atoms with Crippen LogP contribution in [0.4, 0.5) is 4.39 Å². The maximum absolute atomic E-state index is 13.3. The van der Waals surface area contributed by atoms with Gasteiger partial charge in [0.05, 0.1) is 0 Å². The molecule has 0 bridgehead atoms. The van der Waals surface area contributed by atoms with Crippen LogP contribution in [-0.2, 0) is 11.2 Å². The fourth-order valence-electron chi connectivity index (χ4n) is 3.40. The first-order valence-corrected chi connectivity index (χ1v) is 8.66. The molecule has 1 atom stereocenters. The van der Waals surface area contributed by atoms with E-state index >= 15 is 0 Å². The first-order chi connectivity index (χ1) is 12.0. The third-order valence-electron chi connectivity index (χ3n) is 4.80. The summed E-state index contributed by atoms with van der Waals surface area (Å²) in [6.07, 6.45) is 2.04. The van der Waals surface area contributed by atoms with Crippen molar-refractivity contribution < 1.29 is 14.0 Å². The van der Waals surface area contributed by atoms with Crippen molar-refractivity contribution in [3.8, 4) is 0 Å². The molecule has 0 radical (unpaired) electrons. The van der Waals surface area contributed by atoms with Gasteiger partial charge in [-0.25, -0.2) is 4.39 Å². The van der Waals surface area contributed by atoms with Crippen LogP contribution >= 0.6 is 0 Å². The van der Waals surface area contributed by atoms with Crippen LogP contribution in [-0.4, -0.2) is 29.7 Å². The fraction of sp³-hybridized carbons (Fsp3) is 0.333. The smallest absolute Gasteiger partial charge is 0.254 e. The Balaban J connectivity index is 1.68. The second kappa shape index (κ2) is 7.60. The van der Waals surface area contributed by atoms with E-state index in [0.29, 0.717) is 30.6 Å². The van der Waals surface area contributed by atoms with Crippen LogP contribution in [0.1, 0.15) is 34.3 Å². The average molecular weight is 339 g/mol. The fourth-order valence-corrected chi connectivity index (χ4v) is 3.40. The molecule has 2 aromatic rings. The van der Waals surface area contributed by atoms with Gasteiger partial charge in [0.1, 0.15) is 11.6 Å². The highest BCUT2D eigenvalue weighted by Crippen LogP contribution is 2.22. The van der Waals surface area contributed by atoms with Crippen LogP contribution in [0.3, 0.4) is 0 Å². The van der Waals surface area contributed by atoms with E-state index in [1.807, 2.05) is 30.3 Å². The summed E-state index contributed by atoms with van der Waals surface area (Å²) in [7, 11) is 0. The van der Waals surface area contributed by atoms with Crippen molar-refractivity contribution in [3.05, 3.63) is 71.0 Å². The van der Waals surface area contributed by atoms with Gasteiger partial charge in [-0.15, -0.1) is 0 Å². The lowest BCUT2D eigenvalue weighted by molar-refractivity contribution is -0.123.